The first kappa shape index (κ1) is 13.4. The first-order chi connectivity index (χ1) is 7.95. The Morgan fingerprint density at radius 3 is 2.76 bits per heavy atom. The van der Waals surface area contributed by atoms with E-state index in [4.69, 9.17) is 5.11 Å². The van der Waals surface area contributed by atoms with Crippen LogP contribution in [0.3, 0.4) is 0 Å². The quantitative estimate of drug-likeness (QED) is 0.826. The van der Waals surface area contributed by atoms with Gasteiger partial charge in [0.15, 0.2) is 5.13 Å². The van der Waals surface area contributed by atoms with Crippen LogP contribution in [0.1, 0.15) is 23.5 Å². The van der Waals surface area contributed by atoms with Crippen molar-refractivity contribution in [3.8, 4) is 0 Å². The molecule has 1 amide bonds. The van der Waals surface area contributed by atoms with Gasteiger partial charge < -0.3 is 15.3 Å². The lowest BCUT2D eigenvalue weighted by atomic mass is 10.3. The molecule has 1 aromatic rings. The van der Waals surface area contributed by atoms with E-state index in [0.717, 1.165) is 11.3 Å². The second-order valence-corrected chi connectivity index (χ2v) is 4.58. The zero-order valence-corrected chi connectivity index (χ0v) is 10.7. The highest BCUT2D eigenvalue weighted by atomic mass is 32.1. The first-order valence-corrected chi connectivity index (χ1v) is 5.98. The van der Waals surface area contributed by atoms with Crippen LogP contribution in [0.25, 0.3) is 0 Å². The van der Waals surface area contributed by atoms with E-state index in [1.54, 1.807) is 18.9 Å². The van der Waals surface area contributed by atoms with E-state index in [1.807, 2.05) is 6.92 Å². The van der Waals surface area contributed by atoms with E-state index in [2.05, 4.69) is 10.3 Å². The summed E-state index contributed by atoms with van der Waals surface area (Å²) in [6.45, 7) is 4.23. The number of nitrogens with one attached hydrogen (secondary N) is 1. The molecule has 0 aliphatic heterocycles. The summed E-state index contributed by atoms with van der Waals surface area (Å²) >= 11 is 1.01. The van der Waals surface area contributed by atoms with E-state index < -0.39 is 12.0 Å². The van der Waals surface area contributed by atoms with Crippen molar-refractivity contribution in [1.29, 1.82) is 0 Å². The Kier molecular flexibility index (Phi) is 4.45. The number of nitrogens with zero attached hydrogens (tertiary/aromatic N) is 2. The molecule has 2 N–H and O–H groups in total. The Hall–Kier alpha value is -1.63. The smallest absolute Gasteiger partial charge is 0.347 e. The fourth-order valence-corrected chi connectivity index (χ4v) is 1.92. The lowest BCUT2D eigenvalue weighted by Gasteiger charge is -2.20. The molecular weight excluding hydrogens is 242 g/mol. The number of amides is 1. The first-order valence-electron chi connectivity index (χ1n) is 5.16. The van der Waals surface area contributed by atoms with Gasteiger partial charge >= 0.3 is 5.97 Å². The molecule has 1 heterocycles. The van der Waals surface area contributed by atoms with Crippen LogP contribution >= 0.6 is 11.3 Å². The van der Waals surface area contributed by atoms with Crippen LogP contribution in [0.5, 0.6) is 0 Å². The molecule has 0 bridgehead atoms. The lowest BCUT2D eigenvalue weighted by molar-refractivity contribution is -0.130. The lowest BCUT2D eigenvalue weighted by Crippen LogP contribution is -2.38. The maximum Gasteiger partial charge on any atom is 0.347 e. The highest BCUT2D eigenvalue weighted by Crippen LogP contribution is 2.18. The number of hydrogen-bond donors (Lipinski definition) is 2. The van der Waals surface area contributed by atoms with Crippen molar-refractivity contribution in [1.82, 2.24) is 9.88 Å². The second kappa shape index (κ2) is 5.62. The second-order valence-electron chi connectivity index (χ2n) is 3.55. The molecule has 0 aliphatic rings. The number of aromatic nitrogens is 1. The molecular formula is C10H15N3O3S. The fraction of sp³-hybridized carbons (Fsp3) is 0.500. The molecule has 0 fully saturated rings. The van der Waals surface area contributed by atoms with Gasteiger partial charge in [-0.25, -0.2) is 9.78 Å². The molecule has 0 spiro atoms. The van der Waals surface area contributed by atoms with Crippen LogP contribution in [0.4, 0.5) is 5.13 Å². The number of hydrogen-bond acceptors (Lipinski definition) is 5. The van der Waals surface area contributed by atoms with E-state index in [-0.39, 0.29) is 10.8 Å². The third-order valence-electron chi connectivity index (χ3n) is 2.28. The minimum atomic E-state index is -1.01. The van der Waals surface area contributed by atoms with Gasteiger partial charge in [-0.3, -0.25) is 4.79 Å². The van der Waals surface area contributed by atoms with Crippen LogP contribution in [0.2, 0.25) is 0 Å². The van der Waals surface area contributed by atoms with Crippen molar-refractivity contribution in [2.24, 2.45) is 0 Å². The van der Waals surface area contributed by atoms with Crippen molar-refractivity contribution in [2.75, 3.05) is 18.9 Å². The highest BCUT2D eigenvalue weighted by molar-refractivity contribution is 7.17. The van der Waals surface area contributed by atoms with Crippen molar-refractivity contribution in [3.63, 3.8) is 0 Å². The van der Waals surface area contributed by atoms with Crippen LogP contribution in [-0.4, -0.2) is 46.5 Å². The van der Waals surface area contributed by atoms with Gasteiger partial charge in [0.2, 0.25) is 5.91 Å². The molecule has 0 saturated heterocycles. The third kappa shape index (κ3) is 3.42. The molecule has 6 nitrogen and oxygen atoms in total. The van der Waals surface area contributed by atoms with Crippen molar-refractivity contribution < 1.29 is 14.7 Å². The fourth-order valence-electron chi connectivity index (χ4n) is 1.17. The van der Waals surface area contributed by atoms with Crippen LogP contribution in [0, 0.1) is 0 Å². The van der Waals surface area contributed by atoms with E-state index in [0.29, 0.717) is 11.7 Å². The van der Waals surface area contributed by atoms with Crippen LogP contribution in [-0.2, 0) is 4.79 Å². The number of thiazole rings is 1. The number of carboxylic acid groups (broad SMARTS) is 1. The zero-order valence-electron chi connectivity index (χ0n) is 9.93. The summed E-state index contributed by atoms with van der Waals surface area (Å²) < 4.78 is 0. The van der Waals surface area contributed by atoms with Gasteiger partial charge in [0.05, 0.1) is 6.20 Å². The van der Waals surface area contributed by atoms with Crippen molar-refractivity contribution in [3.05, 3.63) is 11.1 Å². The number of anilines is 1. The summed E-state index contributed by atoms with van der Waals surface area (Å²) in [6, 6.07) is -0.423. The molecule has 0 saturated carbocycles. The maximum absolute atomic E-state index is 11.7. The van der Waals surface area contributed by atoms with E-state index in [1.165, 1.54) is 6.20 Å². The normalized spacial score (nSPS) is 11.9. The van der Waals surface area contributed by atoms with Gasteiger partial charge in [-0.05, 0) is 13.8 Å². The van der Waals surface area contributed by atoms with E-state index in [9.17, 15) is 9.59 Å². The van der Waals surface area contributed by atoms with Gasteiger partial charge in [-0.15, -0.1) is 0 Å². The average molecular weight is 257 g/mol. The van der Waals surface area contributed by atoms with Crippen molar-refractivity contribution >= 4 is 28.3 Å². The average Bonchev–Trinajstić information content (AvgIpc) is 2.75. The van der Waals surface area contributed by atoms with Gasteiger partial charge in [0, 0.05) is 13.6 Å². The molecule has 94 valence electrons. The predicted molar refractivity (Wildman–Crippen MR) is 65.5 cm³/mol. The SMILES string of the molecule is CCN(C)C(=O)C(C)Nc1ncc(C(=O)O)s1. The maximum atomic E-state index is 11.7. The molecule has 1 unspecified atom stereocenters. The Labute approximate surface area is 103 Å². The Bertz CT molecular complexity index is 419. The summed E-state index contributed by atoms with van der Waals surface area (Å²) in [4.78, 5) is 28.0. The Balaban J connectivity index is 2.64. The molecule has 0 aliphatic carbocycles. The van der Waals surface area contributed by atoms with Gasteiger partial charge in [0.1, 0.15) is 10.9 Å². The molecule has 1 atom stereocenters. The van der Waals surface area contributed by atoms with Gasteiger partial charge in [0.25, 0.3) is 0 Å². The van der Waals surface area contributed by atoms with Crippen LogP contribution < -0.4 is 5.32 Å². The Morgan fingerprint density at radius 2 is 2.29 bits per heavy atom. The number of aromatic carboxylic acids is 1. The molecule has 0 radical (unpaired) electrons. The minimum Gasteiger partial charge on any atom is -0.477 e. The Morgan fingerprint density at radius 1 is 1.65 bits per heavy atom. The third-order valence-corrected chi connectivity index (χ3v) is 3.19. The molecule has 17 heavy (non-hydrogen) atoms. The minimum absolute atomic E-state index is 0.0559. The highest BCUT2D eigenvalue weighted by Gasteiger charge is 2.18. The molecule has 1 rings (SSSR count). The monoisotopic (exact) mass is 257 g/mol. The summed E-state index contributed by atoms with van der Waals surface area (Å²) in [5, 5.41) is 12.1. The van der Waals surface area contributed by atoms with Gasteiger partial charge in [-0.1, -0.05) is 11.3 Å². The largest absolute Gasteiger partial charge is 0.477 e. The van der Waals surface area contributed by atoms with Crippen molar-refractivity contribution in [2.45, 2.75) is 19.9 Å². The van der Waals surface area contributed by atoms with Gasteiger partial charge in [-0.2, -0.15) is 0 Å². The standard InChI is InChI=1S/C10H15N3O3S/c1-4-13(3)8(14)6(2)12-10-11-5-7(17-10)9(15)16/h5-6H,4H2,1-3H3,(H,11,12)(H,15,16). The summed E-state index contributed by atoms with van der Waals surface area (Å²) in [5.41, 5.74) is 0. The molecule has 1 aromatic heterocycles. The van der Waals surface area contributed by atoms with Crippen LogP contribution in [0.15, 0.2) is 6.20 Å². The number of carbonyl (C=O) groups is 2. The number of carboxylic acids is 1. The number of likely N-dealkylation sites (N-methyl/N-ethyl adjacent to an activating group) is 1. The predicted octanol–water partition coefficient (Wildman–Crippen LogP) is 1.12. The van der Waals surface area contributed by atoms with E-state index >= 15 is 0 Å². The summed E-state index contributed by atoms with van der Waals surface area (Å²) in [6.07, 6.45) is 1.27. The zero-order chi connectivity index (χ0) is 13.0. The molecule has 7 heteroatoms. The number of rotatable bonds is 5. The summed E-state index contributed by atoms with van der Waals surface area (Å²) in [7, 11) is 1.71. The topological polar surface area (TPSA) is 82.5 Å². The molecule has 0 aromatic carbocycles. The summed E-state index contributed by atoms with van der Waals surface area (Å²) in [5.74, 6) is -1.07. The number of carbonyl (C=O) groups excluding carboxylic acids is 1.